The molecule has 0 saturated carbocycles. The van der Waals surface area contributed by atoms with Crippen LogP contribution in [0.25, 0.3) is 0 Å². The van der Waals surface area contributed by atoms with E-state index < -0.39 is 0 Å². The number of hydrogen-bond donors (Lipinski definition) is 3. The lowest BCUT2D eigenvalue weighted by Crippen LogP contribution is -2.34. The molecule has 0 bridgehead atoms. The van der Waals surface area contributed by atoms with E-state index in [1.165, 1.54) is 0 Å². The number of carbonyl (C=O) groups excluding carboxylic acids is 2. The molecule has 3 aromatic carbocycles. The zero-order chi connectivity index (χ0) is 24.2. The van der Waals surface area contributed by atoms with Crippen molar-refractivity contribution < 1.29 is 19.1 Å². The van der Waals surface area contributed by atoms with Crippen LogP contribution in [0.4, 0.5) is 5.69 Å². The molecule has 0 aliphatic carbocycles. The Morgan fingerprint density at radius 3 is 2.44 bits per heavy atom. The number of amides is 2. The molecule has 176 valence electrons. The zero-order valence-electron chi connectivity index (χ0n) is 18.9. The molecule has 3 rings (SSSR count). The van der Waals surface area contributed by atoms with Gasteiger partial charge in [0, 0.05) is 31.3 Å². The fraction of sp³-hybridized carbons (Fsp3) is 0.192. The van der Waals surface area contributed by atoms with E-state index >= 15 is 0 Å². The van der Waals surface area contributed by atoms with Gasteiger partial charge in [-0.2, -0.15) is 0 Å². The van der Waals surface area contributed by atoms with Gasteiger partial charge in [0.2, 0.25) is 0 Å². The maximum absolute atomic E-state index is 12.8. The van der Waals surface area contributed by atoms with Crippen LogP contribution in [-0.4, -0.2) is 43.8 Å². The highest BCUT2D eigenvalue weighted by Crippen LogP contribution is 2.18. The predicted molar refractivity (Wildman–Crippen MR) is 136 cm³/mol. The van der Waals surface area contributed by atoms with Gasteiger partial charge < -0.3 is 20.1 Å². The van der Waals surface area contributed by atoms with Crippen molar-refractivity contribution in [2.75, 3.05) is 32.2 Å². The quantitative estimate of drug-likeness (QED) is 0.304. The predicted octanol–water partition coefficient (Wildman–Crippen LogP) is 3.81. The highest BCUT2D eigenvalue weighted by Gasteiger charge is 2.14. The van der Waals surface area contributed by atoms with E-state index in [1.54, 1.807) is 49.6 Å². The maximum Gasteiger partial charge on any atom is 0.261 e. The fourth-order valence-corrected chi connectivity index (χ4v) is 3.35. The van der Waals surface area contributed by atoms with Gasteiger partial charge in [-0.25, -0.2) is 0 Å². The Labute approximate surface area is 204 Å². The van der Waals surface area contributed by atoms with E-state index in [0.717, 1.165) is 12.0 Å². The molecule has 0 heterocycles. The molecule has 0 radical (unpaired) electrons. The molecular weight excluding hydrogens is 450 g/mol. The molecule has 3 aromatic rings. The Morgan fingerprint density at radius 1 is 0.882 bits per heavy atom. The number of methoxy groups -OCH3 is 1. The van der Waals surface area contributed by atoms with Crippen LogP contribution in [-0.2, 0) is 11.2 Å². The van der Waals surface area contributed by atoms with Crippen molar-refractivity contribution in [3.8, 4) is 5.75 Å². The van der Waals surface area contributed by atoms with Crippen molar-refractivity contribution in [1.82, 2.24) is 10.6 Å². The topological polar surface area (TPSA) is 88.7 Å². The van der Waals surface area contributed by atoms with Crippen molar-refractivity contribution in [1.29, 1.82) is 0 Å². The van der Waals surface area contributed by atoms with Crippen molar-refractivity contribution in [2.24, 2.45) is 0 Å². The number of nitrogens with one attached hydrogen (secondary N) is 3. The third kappa shape index (κ3) is 7.68. The van der Waals surface area contributed by atoms with Gasteiger partial charge in [-0.3, -0.25) is 14.9 Å². The van der Waals surface area contributed by atoms with E-state index in [4.69, 9.17) is 21.7 Å². The average molecular weight is 478 g/mol. The second kappa shape index (κ2) is 13.1. The summed E-state index contributed by atoms with van der Waals surface area (Å²) in [7, 11) is 1.57. The molecule has 7 nitrogen and oxygen atoms in total. The summed E-state index contributed by atoms with van der Waals surface area (Å²) in [4.78, 5) is 25.1. The van der Waals surface area contributed by atoms with Gasteiger partial charge in [0.25, 0.3) is 11.8 Å². The summed E-state index contributed by atoms with van der Waals surface area (Å²) in [5.74, 6) is -0.132. The van der Waals surface area contributed by atoms with Gasteiger partial charge in [0.15, 0.2) is 5.11 Å². The molecule has 0 atom stereocenters. The van der Waals surface area contributed by atoms with E-state index in [1.807, 2.05) is 36.4 Å². The standard InChI is InChI=1S/C26H27N3O4S/c1-32-17-15-27-24(30)20-10-7-11-21(18-20)28-26(34)29-25(31)22-12-5-6-13-23(22)33-16-14-19-8-3-2-4-9-19/h2-13,18H,14-17H2,1H3,(H,27,30)(H2,28,29,31,34). The Balaban J connectivity index is 1.56. The Hall–Kier alpha value is -3.75. The van der Waals surface area contributed by atoms with Gasteiger partial charge >= 0.3 is 0 Å². The molecule has 8 heteroatoms. The highest BCUT2D eigenvalue weighted by molar-refractivity contribution is 7.80. The Morgan fingerprint density at radius 2 is 1.65 bits per heavy atom. The summed E-state index contributed by atoms with van der Waals surface area (Å²) in [6, 6.07) is 23.8. The smallest absolute Gasteiger partial charge is 0.261 e. The lowest BCUT2D eigenvalue weighted by molar-refractivity contribution is 0.0935. The minimum atomic E-state index is -0.388. The first kappa shape index (κ1) is 24.9. The third-order valence-corrected chi connectivity index (χ3v) is 5.03. The van der Waals surface area contributed by atoms with Gasteiger partial charge in [-0.05, 0) is 48.1 Å². The van der Waals surface area contributed by atoms with Crippen LogP contribution < -0.4 is 20.7 Å². The summed E-state index contributed by atoms with van der Waals surface area (Å²) in [5.41, 5.74) is 2.58. The van der Waals surface area contributed by atoms with E-state index in [-0.39, 0.29) is 16.9 Å². The normalized spacial score (nSPS) is 10.3. The molecule has 34 heavy (non-hydrogen) atoms. The molecule has 0 aliphatic heterocycles. The van der Waals surface area contributed by atoms with Crippen LogP contribution in [0.2, 0.25) is 0 Å². The number of ether oxygens (including phenoxy) is 2. The van der Waals surface area contributed by atoms with Crippen molar-refractivity contribution >= 4 is 34.8 Å². The van der Waals surface area contributed by atoms with Crippen LogP contribution in [0.3, 0.4) is 0 Å². The maximum atomic E-state index is 12.8. The van der Waals surface area contributed by atoms with Crippen LogP contribution in [0, 0.1) is 0 Å². The molecule has 2 amide bonds. The van der Waals surface area contributed by atoms with Crippen LogP contribution in [0.1, 0.15) is 26.3 Å². The summed E-state index contributed by atoms with van der Waals surface area (Å²) < 4.78 is 10.8. The van der Waals surface area contributed by atoms with Gasteiger partial charge in [0.05, 0.1) is 18.8 Å². The molecule has 0 aromatic heterocycles. The summed E-state index contributed by atoms with van der Waals surface area (Å²) in [6.45, 7) is 1.28. The summed E-state index contributed by atoms with van der Waals surface area (Å²) in [6.07, 6.45) is 0.728. The van der Waals surface area contributed by atoms with Crippen LogP contribution >= 0.6 is 12.2 Å². The number of hydrogen-bond acceptors (Lipinski definition) is 5. The second-order valence-electron chi connectivity index (χ2n) is 7.32. The molecular formula is C26H27N3O4S. The molecule has 0 aliphatic rings. The summed E-state index contributed by atoms with van der Waals surface area (Å²) >= 11 is 5.30. The molecule has 0 spiro atoms. The van der Waals surface area contributed by atoms with Gasteiger partial charge in [0.1, 0.15) is 5.75 Å². The van der Waals surface area contributed by atoms with Gasteiger partial charge in [-0.15, -0.1) is 0 Å². The third-order valence-electron chi connectivity index (χ3n) is 4.82. The van der Waals surface area contributed by atoms with Crippen LogP contribution in [0.15, 0.2) is 78.9 Å². The largest absolute Gasteiger partial charge is 0.492 e. The van der Waals surface area contributed by atoms with E-state index in [0.29, 0.717) is 42.3 Å². The van der Waals surface area contributed by atoms with Crippen molar-refractivity contribution in [3.63, 3.8) is 0 Å². The summed E-state index contributed by atoms with van der Waals surface area (Å²) in [5, 5.41) is 8.48. The molecule has 0 fully saturated rings. The lowest BCUT2D eigenvalue weighted by atomic mass is 10.1. The fourth-order valence-electron chi connectivity index (χ4n) is 3.14. The van der Waals surface area contributed by atoms with E-state index in [2.05, 4.69) is 16.0 Å². The molecule has 3 N–H and O–H groups in total. The number of carbonyl (C=O) groups is 2. The minimum Gasteiger partial charge on any atom is -0.492 e. The monoisotopic (exact) mass is 477 g/mol. The Bertz CT molecular complexity index is 1120. The first-order chi connectivity index (χ1) is 16.6. The minimum absolute atomic E-state index is 0.112. The number of benzene rings is 3. The first-order valence-electron chi connectivity index (χ1n) is 10.8. The SMILES string of the molecule is COCCNC(=O)c1cccc(NC(=S)NC(=O)c2ccccc2OCCc2ccccc2)c1. The highest BCUT2D eigenvalue weighted by atomic mass is 32.1. The number of thiocarbonyl (C=S) groups is 1. The average Bonchev–Trinajstić information content (AvgIpc) is 2.85. The lowest BCUT2D eigenvalue weighted by Gasteiger charge is -2.13. The zero-order valence-corrected chi connectivity index (χ0v) is 19.7. The van der Waals surface area contributed by atoms with Crippen molar-refractivity contribution in [2.45, 2.75) is 6.42 Å². The van der Waals surface area contributed by atoms with Crippen molar-refractivity contribution in [3.05, 3.63) is 95.6 Å². The number of para-hydroxylation sites is 1. The Kier molecular flexibility index (Phi) is 9.57. The first-order valence-corrected chi connectivity index (χ1v) is 11.2. The van der Waals surface area contributed by atoms with Gasteiger partial charge in [-0.1, -0.05) is 48.5 Å². The number of anilines is 1. The molecule has 0 saturated heterocycles. The van der Waals surface area contributed by atoms with Crippen LogP contribution in [0.5, 0.6) is 5.75 Å². The van der Waals surface area contributed by atoms with E-state index in [9.17, 15) is 9.59 Å². The number of rotatable bonds is 10. The molecule has 0 unspecified atom stereocenters. The second-order valence-corrected chi connectivity index (χ2v) is 7.73.